The Morgan fingerprint density at radius 1 is 1.38 bits per heavy atom. The average molecular weight is 180 g/mol. The van der Waals surface area contributed by atoms with Crippen LogP contribution in [0.3, 0.4) is 0 Å². The quantitative estimate of drug-likeness (QED) is 0.516. The Morgan fingerprint density at radius 3 is 2.46 bits per heavy atom. The molecule has 1 aromatic carbocycles. The first-order chi connectivity index (χ1) is 6.04. The Labute approximate surface area is 76.9 Å². The van der Waals surface area contributed by atoms with E-state index in [4.69, 9.17) is 0 Å². The zero-order valence-electron chi connectivity index (χ0n) is 7.94. The fourth-order valence-electron chi connectivity index (χ4n) is 1.29. The summed E-state index contributed by atoms with van der Waals surface area (Å²) in [5, 5.41) is 10.6. The molecule has 0 N–H and O–H groups in total. The molecule has 0 aliphatic carbocycles. The molecule has 0 heterocycles. The molecule has 70 valence electrons. The maximum absolute atomic E-state index is 10.6. The van der Waals surface area contributed by atoms with Crippen molar-refractivity contribution in [2.75, 3.05) is 19.0 Å². The standard InChI is InChI=1S/C9H12N2O2/c1-7-8(10(2)3)5-4-6-9(7)11(12)13/h4-6H,1-3H3. The van der Waals surface area contributed by atoms with Gasteiger partial charge in [-0.15, -0.1) is 0 Å². The lowest BCUT2D eigenvalue weighted by Gasteiger charge is -2.14. The summed E-state index contributed by atoms with van der Waals surface area (Å²) >= 11 is 0. The normalized spacial score (nSPS) is 9.77. The summed E-state index contributed by atoms with van der Waals surface area (Å²) in [5.41, 5.74) is 1.76. The number of nitro groups is 1. The number of hydrogen-bond donors (Lipinski definition) is 0. The summed E-state index contributed by atoms with van der Waals surface area (Å²) in [6.07, 6.45) is 0. The van der Waals surface area contributed by atoms with Gasteiger partial charge in [0.25, 0.3) is 5.69 Å². The van der Waals surface area contributed by atoms with E-state index in [2.05, 4.69) is 0 Å². The van der Waals surface area contributed by atoms with Gasteiger partial charge in [0.15, 0.2) is 0 Å². The van der Waals surface area contributed by atoms with Gasteiger partial charge in [0.2, 0.25) is 0 Å². The van der Waals surface area contributed by atoms with Crippen molar-refractivity contribution in [1.82, 2.24) is 0 Å². The van der Waals surface area contributed by atoms with Gasteiger partial charge in [0, 0.05) is 31.4 Å². The molecule has 0 atom stereocenters. The van der Waals surface area contributed by atoms with E-state index in [1.165, 1.54) is 6.07 Å². The third-order valence-corrected chi connectivity index (χ3v) is 1.96. The van der Waals surface area contributed by atoms with Gasteiger partial charge in [0.1, 0.15) is 0 Å². The van der Waals surface area contributed by atoms with E-state index < -0.39 is 0 Å². The molecule has 0 fully saturated rings. The van der Waals surface area contributed by atoms with E-state index in [0.717, 1.165) is 5.69 Å². The molecule has 0 aliphatic heterocycles. The first-order valence-electron chi connectivity index (χ1n) is 3.95. The zero-order chi connectivity index (χ0) is 10.0. The minimum Gasteiger partial charge on any atom is -0.377 e. The minimum atomic E-state index is -0.359. The van der Waals surface area contributed by atoms with Crippen molar-refractivity contribution in [3.05, 3.63) is 33.9 Å². The fourth-order valence-corrected chi connectivity index (χ4v) is 1.29. The van der Waals surface area contributed by atoms with Crippen molar-refractivity contribution in [3.8, 4) is 0 Å². The van der Waals surface area contributed by atoms with Gasteiger partial charge >= 0.3 is 0 Å². The van der Waals surface area contributed by atoms with Crippen LogP contribution in [0, 0.1) is 17.0 Å². The number of rotatable bonds is 2. The van der Waals surface area contributed by atoms with Gasteiger partial charge in [0.05, 0.1) is 4.92 Å². The van der Waals surface area contributed by atoms with E-state index in [1.807, 2.05) is 25.1 Å². The molecule has 0 bridgehead atoms. The molecule has 0 amide bonds. The molecular weight excluding hydrogens is 168 g/mol. The van der Waals surface area contributed by atoms with E-state index in [1.54, 1.807) is 13.0 Å². The smallest absolute Gasteiger partial charge is 0.274 e. The van der Waals surface area contributed by atoms with Crippen LogP contribution < -0.4 is 4.90 Å². The van der Waals surface area contributed by atoms with E-state index >= 15 is 0 Å². The lowest BCUT2D eigenvalue weighted by molar-refractivity contribution is -0.385. The monoisotopic (exact) mass is 180 g/mol. The van der Waals surface area contributed by atoms with Crippen molar-refractivity contribution in [1.29, 1.82) is 0 Å². The molecule has 4 heteroatoms. The van der Waals surface area contributed by atoms with Crippen LogP contribution in [0.4, 0.5) is 11.4 Å². The SMILES string of the molecule is Cc1c(N(C)C)cccc1[N+](=O)[O-]. The molecular formula is C9H12N2O2. The maximum atomic E-state index is 10.6. The lowest BCUT2D eigenvalue weighted by Crippen LogP contribution is -2.10. The molecule has 1 rings (SSSR count). The van der Waals surface area contributed by atoms with E-state index in [9.17, 15) is 10.1 Å². The maximum Gasteiger partial charge on any atom is 0.274 e. The summed E-state index contributed by atoms with van der Waals surface area (Å²) < 4.78 is 0. The van der Waals surface area contributed by atoms with Crippen LogP contribution >= 0.6 is 0 Å². The predicted molar refractivity (Wildman–Crippen MR) is 52.2 cm³/mol. The number of nitro benzene ring substituents is 1. The molecule has 0 saturated carbocycles. The highest BCUT2D eigenvalue weighted by Gasteiger charge is 2.13. The van der Waals surface area contributed by atoms with Crippen LogP contribution in [0.1, 0.15) is 5.56 Å². The van der Waals surface area contributed by atoms with Crippen LogP contribution in [0.5, 0.6) is 0 Å². The molecule has 0 aliphatic rings. The summed E-state index contributed by atoms with van der Waals surface area (Å²) in [6.45, 7) is 1.76. The van der Waals surface area contributed by atoms with Crippen LogP contribution in [0.15, 0.2) is 18.2 Å². The van der Waals surface area contributed by atoms with Crippen molar-refractivity contribution < 1.29 is 4.92 Å². The highest BCUT2D eigenvalue weighted by Crippen LogP contribution is 2.26. The molecule has 4 nitrogen and oxygen atoms in total. The zero-order valence-corrected chi connectivity index (χ0v) is 7.94. The molecule has 0 saturated heterocycles. The fraction of sp³-hybridized carbons (Fsp3) is 0.333. The van der Waals surface area contributed by atoms with Crippen LogP contribution in [-0.2, 0) is 0 Å². The first kappa shape index (κ1) is 9.51. The third kappa shape index (κ3) is 1.77. The van der Waals surface area contributed by atoms with Gasteiger partial charge < -0.3 is 4.90 Å². The molecule has 0 radical (unpaired) electrons. The number of anilines is 1. The number of nitrogens with zero attached hydrogens (tertiary/aromatic N) is 2. The highest BCUT2D eigenvalue weighted by atomic mass is 16.6. The molecule has 13 heavy (non-hydrogen) atoms. The van der Waals surface area contributed by atoms with Gasteiger partial charge in [-0.1, -0.05) is 6.07 Å². The molecule has 0 aromatic heterocycles. The van der Waals surface area contributed by atoms with E-state index in [-0.39, 0.29) is 10.6 Å². The second-order valence-corrected chi connectivity index (χ2v) is 3.07. The lowest BCUT2D eigenvalue weighted by atomic mass is 10.1. The third-order valence-electron chi connectivity index (χ3n) is 1.96. The Morgan fingerprint density at radius 2 is 2.00 bits per heavy atom. The van der Waals surface area contributed by atoms with Crippen molar-refractivity contribution in [2.24, 2.45) is 0 Å². The second kappa shape index (κ2) is 3.43. The van der Waals surface area contributed by atoms with Crippen LogP contribution in [0.2, 0.25) is 0 Å². The minimum absolute atomic E-state index is 0.172. The van der Waals surface area contributed by atoms with E-state index in [0.29, 0.717) is 5.56 Å². The second-order valence-electron chi connectivity index (χ2n) is 3.07. The van der Waals surface area contributed by atoms with Crippen molar-refractivity contribution in [2.45, 2.75) is 6.92 Å². The van der Waals surface area contributed by atoms with Gasteiger partial charge in [-0.05, 0) is 13.0 Å². The summed E-state index contributed by atoms with van der Waals surface area (Å²) in [4.78, 5) is 12.1. The number of hydrogen-bond acceptors (Lipinski definition) is 3. The molecule has 1 aromatic rings. The Balaban J connectivity index is 3.26. The summed E-state index contributed by atoms with van der Waals surface area (Å²) in [7, 11) is 3.73. The summed E-state index contributed by atoms with van der Waals surface area (Å²) in [5.74, 6) is 0. The van der Waals surface area contributed by atoms with Crippen LogP contribution in [-0.4, -0.2) is 19.0 Å². The Kier molecular flexibility index (Phi) is 2.51. The predicted octanol–water partition coefficient (Wildman–Crippen LogP) is 1.97. The van der Waals surface area contributed by atoms with Crippen molar-refractivity contribution >= 4 is 11.4 Å². The Bertz CT molecular complexity index is 334. The van der Waals surface area contributed by atoms with Crippen molar-refractivity contribution in [3.63, 3.8) is 0 Å². The average Bonchev–Trinajstić information content (AvgIpc) is 2.03. The summed E-state index contributed by atoms with van der Waals surface area (Å²) in [6, 6.07) is 5.07. The van der Waals surface area contributed by atoms with Gasteiger partial charge in [-0.2, -0.15) is 0 Å². The highest BCUT2D eigenvalue weighted by molar-refractivity contribution is 5.60. The largest absolute Gasteiger partial charge is 0.377 e. The molecule has 0 unspecified atom stereocenters. The first-order valence-corrected chi connectivity index (χ1v) is 3.95. The van der Waals surface area contributed by atoms with Gasteiger partial charge in [-0.25, -0.2) is 0 Å². The van der Waals surface area contributed by atoms with Gasteiger partial charge in [-0.3, -0.25) is 10.1 Å². The van der Waals surface area contributed by atoms with Crippen LogP contribution in [0.25, 0.3) is 0 Å². The topological polar surface area (TPSA) is 46.4 Å². The Hall–Kier alpha value is -1.58. The molecule has 0 spiro atoms. The number of benzene rings is 1.